The summed E-state index contributed by atoms with van der Waals surface area (Å²) in [7, 11) is 1.92. The second-order valence-electron chi connectivity index (χ2n) is 6.01. The van der Waals surface area contributed by atoms with Crippen LogP contribution in [0.2, 0.25) is 0 Å². The van der Waals surface area contributed by atoms with Crippen molar-refractivity contribution in [3.05, 3.63) is 11.4 Å². The van der Waals surface area contributed by atoms with Crippen molar-refractivity contribution in [2.75, 3.05) is 30.4 Å². The number of nitrogens with one attached hydrogen (secondary N) is 1. The van der Waals surface area contributed by atoms with Crippen LogP contribution in [0, 0.1) is 19.3 Å². The highest BCUT2D eigenvalue weighted by Crippen LogP contribution is 2.33. The van der Waals surface area contributed by atoms with Gasteiger partial charge in [-0.2, -0.15) is 0 Å². The van der Waals surface area contributed by atoms with Crippen LogP contribution in [0.5, 0.6) is 0 Å². The minimum Gasteiger partial charge on any atom is -0.373 e. The molecular weight excluding hydrogens is 224 g/mol. The summed E-state index contributed by atoms with van der Waals surface area (Å²) in [6.45, 7) is 10.9. The number of hydrogen-bond acceptors (Lipinski definition) is 4. The zero-order valence-electron chi connectivity index (χ0n) is 12.2. The Labute approximate surface area is 110 Å². The van der Waals surface area contributed by atoms with Crippen LogP contribution < -0.4 is 10.2 Å². The van der Waals surface area contributed by atoms with Crippen LogP contribution in [0.4, 0.5) is 11.6 Å². The number of rotatable bonds is 2. The lowest BCUT2D eigenvalue weighted by Crippen LogP contribution is -2.41. The Morgan fingerprint density at radius 1 is 1.22 bits per heavy atom. The molecule has 0 aliphatic carbocycles. The highest BCUT2D eigenvalue weighted by molar-refractivity contribution is 5.58. The molecule has 0 unspecified atom stereocenters. The van der Waals surface area contributed by atoms with Crippen molar-refractivity contribution in [3.63, 3.8) is 0 Å². The van der Waals surface area contributed by atoms with Gasteiger partial charge in [0.25, 0.3) is 0 Å². The third-order valence-electron chi connectivity index (χ3n) is 3.67. The van der Waals surface area contributed by atoms with Crippen LogP contribution in [0.25, 0.3) is 0 Å². The molecule has 1 saturated heterocycles. The maximum absolute atomic E-state index is 4.65. The average Bonchev–Trinajstić information content (AvgIpc) is 2.30. The molecule has 4 heteroatoms. The van der Waals surface area contributed by atoms with Crippen LogP contribution in [-0.4, -0.2) is 30.1 Å². The predicted molar refractivity (Wildman–Crippen MR) is 76.3 cm³/mol. The van der Waals surface area contributed by atoms with E-state index >= 15 is 0 Å². The summed E-state index contributed by atoms with van der Waals surface area (Å²) in [5.41, 5.74) is 1.53. The minimum absolute atomic E-state index is 0.378. The molecule has 18 heavy (non-hydrogen) atoms. The lowest BCUT2D eigenvalue weighted by atomic mass is 9.84. The molecule has 100 valence electrons. The topological polar surface area (TPSA) is 41.1 Å². The molecular formula is C14H24N4. The minimum atomic E-state index is 0.378. The Hall–Kier alpha value is -1.32. The van der Waals surface area contributed by atoms with Crippen molar-refractivity contribution < 1.29 is 0 Å². The zero-order chi connectivity index (χ0) is 13.3. The van der Waals surface area contributed by atoms with E-state index in [-0.39, 0.29) is 0 Å². The number of nitrogens with zero attached hydrogens (tertiary/aromatic N) is 3. The molecule has 1 aromatic rings. The van der Waals surface area contributed by atoms with E-state index < -0.39 is 0 Å². The van der Waals surface area contributed by atoms with Gasteiger partial charge in [0.15, 0.2) is 0 Å². The highest BCUT2D eigenvalue weighted by Gasteiger charge is 2.28. The molecule has 0 aromatic carbocycles. The van der Waals surface area contributed by atoms with E-state index in [0.29, 0.717) is 5.41 Å². The number of hydrogen-bond donors (Lipinski definition) is 1. The quantitative estimate of drug-likeness (QED) is 0.873. The molecule has 1 fully saturated rings. The first-order valence-electron chi connectivity index (χ1n) is 6.71. The fraction of sp³-hybridized carbons (Fsp3) is 0.714. The molecule has 1 aliphatic rings. The van der Waals surface area contributed by atoms with Gasteiger partial charge in [0, 0.05) is 25.7 Å². The van der Waals surface area contributed by atoms with Crippen molar-refractivity contribution in [2.24, 2.45) is 5.41 Å². The van der Waals surface area contributed by atoms with Crippen molar-refractivity contribution >= 4 is 11.6 Å². The third-order valence-corrected chi connectivity index (χ3v) is 3.67. The third kappa shape index (κ3) is 2.57. The monoisotopic (exact) mass is 248 g/mol. The van der Waals surface area contributed by atoms with Gasteiger partial charge in [0.2, 0.25) is 0 Å². The number of aromatic nitrogens is 2. The van der Waals surface area contributed by atoms with Crippen LogP contribution in [0.3, 0.4) is 0 Å². The smallest absolute Gasteiger partial charge is 0.137 e. The van der Waals surface area contributed by atoms with Gasteiger partial charge in [0.05, 0.1) is 0 Å². The van der Waals surface area contributed by atoms with Gasteiger partial charge in [-0.3, -0.25) is 0 Å². The normalized spacial score (nSPS) is 18.8. The zero-order valence-corrected chi connectivity index (χ0v) is 12.2. The predicted octanol–water partition coefficient (Wildman–Crippen LogP) is 2.76. The molecule has 0 atom stereocenters. The first-order chi connectivity index (χ1) is 8.43. The van der Waals surface area contributed by atoms with E-state index in [1.165, 1.54) is 12.8 Å². The molecule has 1 N–H and O–H groups in total. The Morgan fingerprint density at radius 3 is 2.56 bits per heavy atom. The molecule has 4 nitrogen and oxygen atoms in total. The summed E-state index contributed by atoms with van der Waals surface area (Å²) in [5, 5.41) is 3.16. The standard InChI is InChI=1S/C14H24N4/c1-10-12(15-5)16-11(2)17-13(10)18-8-6-7-14(3,4)9-18/h6-9H2,1-5H3,(H,15,16,17). The van der Waals surface area contributed by atoms with Gasteiger partial charge in [-0.15, -0.1) is 0 Å². The van der Waals surface area contributed by atoms with Crippen LogP contribution in [-0.2, 0) is 0 Å². The van der Waals surface area contributed by atoms with Crippen molar-refractivity contribution in [1.29, 1.82) is 0 Å². The molecule has 0 amide bonds. The van der Waals surface area contributed by atoms with Crippen molar-refractivity contribution in [3.8, 4) is 0 Å². The maximum Gasteiger partial charge on any atom is 0.137 e. The van der Waals surface area contributed by atoms with Crippen LogP contribution in [0.1, 0.15) is 38.1 Å². The Balaban J connectivity index is 2.35. The molecule has 0 saturated carbocycles. The van der Waals surface area contributed by atoms with Gasteiger partial charge >= 0.3 is 0 Å². The first-order valence-corrected chi connectivity index (χ1v) is 6.71. The Morgan fingerprint density at radius 2 is 1.94 bits per heavy atom. The molecule has 2 heterocycles. The Bertz CT molecular complexity index is 440. The summed E-state index contributed by atoms with van der Waals surface area (Å²) in [5.74, 6) is 2.88. The van der Waals surface area contributed by atoms with Gasteiger partial charge in [-0.1, -0.05) is 13.8 Å². The van der Waals surface area contributed by atoms with E-state index in [4.69, 9.17) is 0 Å². The largest absolute Gasteiger partial charge is 0.373 e. The van der Waals surface area contributed by atoms with Gasteiger partial charge in [0.1, 0.15) is 17.5 Å². The molecule has 0 bridgehead atoms. The summed E-state index contributed by atoms with van der Waals surface area (Å²) >= 11 is 0. The molecule has 1 aliphatic heterocycles. The van der Waals surface area contributed by atoms with E-state index in [1.807, 2.05) is 14.0 Å². The summed E-state index contributed by atoms with van der Waals surface area (Å²) in [6.07, 6.45) is 2.54. The fourth-order valence-corrected chi connectivity index (χ4v) is 2.77. The van der Waals surface area contributed by atoms with Crippen molar-refractivity contribution in [2.45, 2.75) is 40.5 Å². The maximum atomic E-state index is 4.65. The second-order valence-corrected chi connectivity index (χ2v) is 6.01. The summed E-state index contributed by atoms with van der Waals surface area (Å²) in [4.78, 5) is 11.5. The number of anilines is 2. The lowest BCUT2D eigenvalue weighted by Gasteiger charge is -2.39. The SMILES string of the molecule is CNc1nc(C)nc(N2CCCC(C)(C)C2)c1C. The molecule has 0 spiro atoms. The molecule has 1 aromatic heterocycles. The van der Waals surface area contributed by atoms with E-state index in [2.05, 4.69) is 41.0 Å². The first kappa shape index (κ1) is 13.1. The Kier molecular flexibility index (Phi) is 3.46. The summed E-state index contributed by atoms with van der Waals surface area (Å²) in [6, 6.07) is 0. The van der Waals surface area contributed by atoms with Gasteiger partial charge in [-0.25, -0.2) is 9.97 Å². The van der Waals surface area contributed by atoms with Gasteiger partial charge in [-0.05, 0) is 32.1 Å². The fourth-order valence-electron chi connectivity index (χ4n) is 2.77. The van der Waals surface area contributed by atoms with Gasteiger partial charge < -0.3 is 10.2 Å². The van der Waals surface area contributed by atoms with Crippen LogP contribution >= 0.6 is 0 Å². The number of aryl methyl sites for hydroxylation is 1. The molecule has 2 rings (SSSR count). The summed E-state index contributed by atoms with van der Waals surface area (Å²) < 4.78 is 0. The van der Waals surface area contributed by atoms with Crippen LogP contribution in [0.15, 0.2) is 0 Å². The lowest BCUT2D eigenvalue weighted by molar-refractivity contribution is 0.292. The van der Waals surface area contributed by atoms with Crippen molar-refractivity contribution in [1.82, 2.24) is 9.97 Å². The second kappa shape index (κ2) is 4.75. The van der Waals surface area contributed by atoms with E-state index in [9.17, 15) is 0 Å². The van der Waals surface area contributed by atoms with E-state index in [1.54, 1.807) is 0 Å². The number of piperidine rings is 1. The average molecular weight is 248 g/mol. The van der Waals surface area contributed by atoms with E-state index in [0.717, 1.165) is 36.1 Å². The highest BCUT2D eigenvalue weighted by atomic mass is 15.2. The molecule has 0 radical (unpaired) electrons.